The van der Waals surface area contributed by atoms with Crippen molar-refractivity contribution < 1.29 is 14.3 Å². The highest BCUT2D eigenvalue weighted by Crippen LogP contribution is 2.58. The van der Waals surface area contributed by atoms with Gasteiger partial charge in [0.2, 0.25) is 0 Å². The van der Waals surface area contributed by atoms with E-state index in [4.69, 9.17) is 5.11 Å². The molecular weight excluding hydrogens is 147 g/mol. The predicted octanol–water partition coefficient (Wildman–Crippen LogP) is 1.83. The Morgan fingerprint density at radius 3 is 2.45 bits per heavy atom. The van der Waals surface area contributed by atoms with Gasteiger partial charge in [-0.15, -0.1) is 0 Å². The van der Waals surface area contributed by atoms with E-state index in [0.717, 1.165) is 0 Å². The fraction of sp³-hybridized carbons (Fsp3) is 0.625. The van der Waals surface area contributed by atoms with Gasteiger partial charge in [-0.2, -0.15) is 0 Å². The smallest absolute Gasteiger partial charge is 0.307 e. The summed E-state index contributed by atoms with van der Waals surface area (Å²) in [6.07, 6.45) is 1.74. The summed E-state index contributed by atoms with van der Waals surface area (Å²) in [5, 5.41) is 8.63. The summed E-state index contributed by atoms with van der Waals surface area (Å²) in [5.74, 6) is -1.38. The molecule has 0 unspecified atom stereocenters. The largest absolute Gasteiger partial charge is 0.481 e. The minimum absolute atomic E-state index is 0.134. The van der Waals surface area contributed by atoms with Crippen LogP contribution in [0.4, 0.5) is 4.39 Å². The zero-order chi connectivity index (χ0) is 8.65. The van der Waals surface area contributed by atoms with Crippen LogP contribution in [0.1, 0.15) is 13.8 Å². The lowest BCUT2D eigenvalue weighted by Gasteiger charge is -1.95. The Bertz CT molecular complexity index is 208. The first-order chi connectivity index (χ1) is 5.01. The van der Waals surface area contributed by atoms with Crippen LogP contribution in [0.5, 0.6) is 0 Å². The molecule has 0 bridgehead atoms. The molecular formula is C8H11FO2. The van der Waals surface area contributed by atoms with Gasteiger partial charge >= 0.3 is 5.97 Å². The van der Waals surface area contributed by atoms with E-state index in [0.29, 0.717) is 6.33 Å². The molecule has 0 aromatic rings. The number of halogens is 1. The monoisotopic (exact) mass is 158 g/mol. The van der Waals surface area contributed by atoms with E-state index in [-0.39, 0.29) is 11.3 Å². The van der Waals surface area contributed by atoms with E-state index in [1.807, 2.05) is 13.8 Å². The number of aliphatic carboxylic acids is 1. The Morgan fingerprint density at radius 2 is 2.18 bits per heavy atom. The van der Waals surface area contributed by atoms with E-state index < -0.39 is 11.9 Å². The maximum Gasteiger partial charge on any atom is 0.307 e. The van der Waals surface area contributed by atoms with Crippen molar-refractivity contribution in [2.24, 2.45) is 17.3 Å². The molecule has 1 fully saturated rings. The van der Waals surface area contributed by atoms with Crippen LogP contribution in [0.25, 0.3) is 0 Å². The lowest BCUT2D eigenvalue weighted by atomic mass is 10.1. The van der Waals surface area contributed by atoms with Crippen molar-refractivity contribution >= 4 is 5.97 Å². The Labute approximate surface area is 64.7 Å². The summed E-state index contributed by atoms with van der Waals surface area (Å²) in [6, 6.07) is 0. The molecule has 1 aliphatic rings. The highest BCUT2D eigenvalue weighted by atomic mass is 19.1. The van der Waals surface area contributed by atoms with Crippen molar-refractivity contribution in [3.05, 3.63) is 12.4 Å². The van der Waals surface area contributed by atoms with E-state index in [2.05, 4.69) is 0 Å². The first-order valence-electron chi connectivity index (χ1n) is 3.51. The fourth-order valence-corrected chi connectivity index (χ4v) is 1.59. The van der Waals surface area contributed by atoms with E-state index >= 15 is 0 Å². The lowest BCUT2D eigenvalue weighted by molar-refractivity contribution is -0.139. The third kappa shape index (κ3) is 1.15. The molecule has 0 aliphatic heterocycles. The van der Waals surface area contributed by atoms with Crippen molar-refractivity contribution in [3.63, 3.8) is 0 Å². The highest BCUT2D eigenvalue weighted by molar-refractivity contribution is 5.76. The summed E-state index contributed by atoms with van der Waals surface area (Å²) in [6.45, 7) is 3.66. The molecule has 0 amide bonds. The quantitative estimate of drug-likeness (QED) is 0.665. The highest BCUT2D eigenvalue weighted by Gasteiger charge is 2.60. The van der Waals surface area contributed by atoms with E-state index in [9.17, 15) is 9.18 Å². The van der Waals surface area contributed by atoms with Gasteiger partial charge in [0.1, 0.15) is 0 Å². The number of hydrogen-bond acceptors (Lipinski definition) is 1. The third-order valence-corrected chi connectivity index (χ3v) is 2.46. The topological polar surface area (TPSA) is 37.3 Å². The molecule has 2 atom stereocenters. The maximum atomic E-state index is 11.7. The van der Waals surface area contributed by atoms with Crippen LogP contribution in [0.15, 0.2) is 12.4 Å². The van der Waals surface area contributed by atoms with Gasteiger partial charge in [-0.05, 0) is 11.3 Å². The molecule has 1 N–H and O–H groups in total. The second-order valence-corrected chi connectivity index (χ2v) is 3.48. The molecule has 3 heteroatoms. The third-order valence-electron chi connectivity index (χ3n) is 2.46. The van der Waals surface area contributed by atoms with Crippen molar-refractivity contribution in [2.45, 2.75) is 13.8 Å². The van der Waals surface area contributed by atoms with Crippen LogP contribution in [0.3, 0.4) is 0 Å². The molecule has 1 aliphatic carbocycles. The first kappa shape index (κ1) is 8.24. The van der Waals surface area contributed by atoms with Crippen LogP contribution in [0, 0.1) is 17.3 Å². The number of rotatable bonds is 2. The van der Waals surface area contributed by atoms with Crippen LogP contribution in [0.2, 0.25) is 0 Å². The van der Waals surface area contributed by atoms with Crippen molar-refractivity contribution in [1.29, 1.82) is 0 Å². The van der Waals surface area contributed by atoms with Crippen LogP contribution >= 0.6 is 0 Å². The standard InChI is InChI=1S/C8H11FO2/c1-8(2)5(3-4-9)6(8)7(10)11/h3-6H,1-2H3,(H,10,11)/b4-3+/t5-,6-/m0/s1. The first-order valence-corrected chi connectivity index (χ1v) is 3.51. The minimum atomic E-state index is -0.835. The van der Waals surface area contributed by atoms with Gasteiger partial charge < -0.3 is 5.11 Å². The van der Waals surface area contributed by atoms with Crippen molar-refractivity contribution in [2.75, 3.05) is 0 Å². The number of carboxylic acids is 1. The molecule has 0 spiro atoms. The number of carbonyl (C=O) groups is 1. The second kappa shape index (κ2) is 2.32. The molecule has 0 aromatic carbocycles. The number of allylic oxidation sites excluding steroid dienone is 1. The molecule has 1 rings (SSSR count). The SMILES string of the molecule is CC1(C)[C@H](C(=O)O)[C@@H]1/C=C/F. The number of hydrogen-bond donors (Lipinski definition) is 1. The Balaban J connectivity index is 2.68. The maximum absolute atomic E-state index is 11.7. The van der Waals surface area contributed by atoms with Gasteiger partial charge in [0.05, 0.1) is 12.2 Å². The van der Waals surface area contributed by atoms with E-state index in [1.165, 1.54) is 6.08 Å². The van der Waals surface area contributed by atoms with Crippen LogP contribution in [-0.2, 0) is 4.79 Å². The summed E-state index contributed by atoms with van der Waals surface area (Å²) < 4.78 is 11.7. The Hall–Kier alpha value is -0.860. The normalized spacial score (nSPS) is 34.1. The fourth-order valence-electron chi connectivity index (χ4n) is 1.59. The number of carboxylic acid groups (broad SMARTS) is 1. The summed E-state index contributed by atoms with van der Waals surface area (Å²) in [7, 11) is 0. The average Bonchev–Trinajstić information content (AvgIpc) is 2.35. The lowest BCUT2D eigenvalue weighted by Crippen LogP contribution is -2.02. The molecule has 2 nitrogen and oxygen atoms in total. The average molecular weight is 158 g/mol. The van der Waals surface area contributed by atoms with Crippen molar-refractivity contribution in [1.82, 2.24) is 0 Å². The molecule has 11 heavy (non-hydrogen) atoms. The Morgan fingerprint density at radius 1 is 1.64 bits per heavy atom. The van der Waals surface area contributed by atoms with Gasteiger partial charge in [-0.25, -0.2) is 4.39 Å². The molecule has 62 valence electrons. The molecule has 0 saturated heterocycles. The van der Waals surface area contributed by atoms with Gasteiger partial charge in [-0.1, -0.05) is 19.9 Å². The Kier molecular flexibility index (Phi) is 1.74. The summed E-state index contributed by atoms with van der Waals surface area (Å²) in [4.78, 5) is 10.5. The summed E-state index contributed by atoms with van der Waals surface area (Å²) >= 11 is 0. The zero-order valence-electron chi connectivity index (χ0n) is 6.54. The molecule has 0 heterocycles. The molecule has 1 saturated carbocycles. The van der Waals surface area contributed by atoms with Gasteiger partial charge in [0.15, 0.2) is 0 Å². The molecule has 0 radical (unpaired) electrons. The van der Waals surface area contributed by atoms with Crippen LogP contribution in [-0.4, -0.2) is 11.1 Å². The molecule has 0 aromatic heterocycles. The zero-order valence-corrected chi connectivity index (χ0v) is 6.54. The van der Waals surface area contributed by atoms with Crippen LogP contribution < -0.4 is 0 Å². The minimum Gasteiger partial charge on any atom is -0.481 e. The van der Waals surface area contributed by atoms with Gasteiger partial charge in [0.25, 0.3) is 0 Å². The van der Waals surface area contributed by atoms with Gasteiger partial charge in [-0.3, -0.25) is 4.79 Å². The predicted molar refractivity (Wildman–Crippen MR) is 38.6 cm³/mol. The van der Waals surface area contributed by atoms with E-state index in [1.54, 1.807) is 0 Å². The summed E-state index contributed by atoms with van der Waals surface area (Å²) in [5.41, 5.74) is -0.269. The van der Waals surface area contributed by atoms with Gasteiger partial charge in [0, 0.05) is 0 Å². The van der Waals surface area contributed by atoms with Crippen molar-refractivity contribution in [3.8, 4) is 0 Å². The second-order valence-electron chi connectivity index (χ2n) is 3.48.